The van der Waals surface area contributed by atoms with Gasteiger partial charge in [0.2, 0.25) is 11.8 Å². The number of ether oxygens (including phenoxy) is 4. The van der Waals surface area contributed by atoms with Gasteiger partial charge >= 0.3 is 0 Å². The fraction of sp³-hybridized carbons (Fsp3) is 0.340. The van der Waals surface area contributed by atoms with E-state index in [1.54, 1.807) is 54.4 Å². The predicted molar refractivity (Wildman–Crippen MR) is 269 cm³/mol. The summed E-state index contributed by atoms with van der Waals surface area (Å²) < 4.78 is 24.0. The normalized spacial score (nSPS) is 16.7. The van der Waals surface area contributed by atoms with Crippen molar-refractivity contribution in [3.63, 3.8) is 0 Å². The molecule has 68 heavy (non-hydrogen) atoms. The number of methoxy groups -OCH3 is 2. The van der Waals surface area contributed by atoms with E-state index in [1.807, 2.05) is 81.1 Å². The van der Waals surface area contributed by atoms with Crippen molar-refractivity contribution in [2.45, 2.75) is 96.4 Å². The molecule has 14 nitrogen and oxygen atoms in total. The van der Waals surface area contributed by atoms with E-state index in [9.17, 15) is 19.2 Å². The van der Waals surface area contributed by atoms with Gasteiger partial charge in [0.1, 0.15) is 19.3 Å². The first-order valence-corrected chi connectivity index (χ1v) is 23.5. The Hall–Kier alpha value is -7.00. The molecule has 2 unspecified atom stereocenters. The maximum Gasteiger partial charge on any atom is 0.261 e. The molecule has 0 saturated carbocycles. The Balaban J connectivity index is 0.00000308. The Kier molecular flexibility index (Phi) is 14.0. The number of benzene rings is 5. The van der Waals surface area contributed by atoms with Gasteiger partial charge in [-0.3, -0.25) is 29.1 Å². The van der Waals surface area contributed by atoms with E-state index < -0.39 is 11.9 Å². The Labute approximate surface area is 402 Å². The van der Waals surface area contributed by atoms with Crippen LogP contribution in [-0.4, -0.2) is 73.5 Å². The molecule has 9 rings (SSSR count). The average molecular weight is 939 g/mol. The lowest BCUT2D eigenvalue weighted by Gasteiger charge is -2.22. The van der Waals surface area contributed by atoms with Gasteiger partial charge in [0.25, 0.3) is 11.8 Å². The first-order chi connectivity index (χ1) is 32.8. The van der Waals surface area contributed by atoms with Crippen LogP contribution in [0, 0.1) is 0 Å². The van der Waals surface area contributed by atoms with Gasteiger partial charge in [0.15, 0.2) is 23.0 Å². The minimum atomic E-state index is -0.833. The van der Waals surface area contributed by atoms with Crippen molar-refractivity contribution >= 4 is 70.9 Å². The van der Waals surface area contributed by atoms with Gasteiger partial charge in [0.05, 0.1) is 48.8 Å². The minimum Gasteiger partial charge on any atom is -0.493 e. The zero-order chi connectivity index (χ0) is 48.3. The minimum absolute atomic E-state index is 0.0342. The number of anilines is 4. The number of aliphatic imine (C=N–C) groups is 1. The highest BCUT2D eigenvalue weighted by Gasteiger charge is 2.39. The number of hydrogen-bond acceptors (Lipinski definition) is 11. The standard InChI is InChI=1S/C51H52N6O8S.C2H6/c1-29(54-47(58)14-15-51(2,3)66)48(59)55-34-17-30(27-64-45-23-39-37(21-43(45)62-4)49(60)56-35(25-52-39)19-32-10-6-8-12-41(32)56)16-31(18-34)28-65-46-24-40-38(22-44(46)63-5)50(61)57-36(26-53-40)20-33-11-7-9-13-42(33)57;1-2/h6-13,16-18,21-25,29,35-36,53,66H,14-15,19-20,26-28H2,1-5H3,(H,54,58)(H,55,59);1-2H3/t29?,35-,36?;/m0./s1. The molecule has 0 aromatic heterocycles. The van der Waals surface area contributed by atoms with Crippen LogP contribution < -0.4 is 44.7 Å². The smallest absolute Gasteiger partial charge is 0.261 e. The lowest BCUT2D eigenvalue weighted by Crippen LogP contribution is -2.41. The quantitative estimate of drug-likeness (QED) is 0.0797. The lowest BCUT2D eigenvalue weighted by molar-refractivity contribution is -0.126. The molecule has 5 aromatic carbocycles. The number of hydrogen-bond donors (Lipinski definition) is 4. The number of carbonyl (C=O) groups excluding carboxylic acids is 4. The SMILES string of the molecule is CC.COc1cc2c(cc1OCc1cc(COc3cc4c(cc3OC)C(=O)N3c5ccccc5CC3CN4)cc(NC(=O)C(C)NC(=O)CCC(C)(C)S)c1)N=C[C@@H]1Cc3ccccc3N1C2=O. The predicted octanol–water partition coefficient (Wildman–Crippen LogP) is 9.10. The number of rotatable bonds is 14. The Morgan fingerprint density at radius 2 is 1.38 bits per heavy atom. The molecule has 0 saturated heterocycles. The summed E-state index contributed by atoms with van der Waals surface area (Å²) in [6.07, 6.45) is 4.00. The number of fused-ring (bicyclic) bond motifs is 8. The Bertz CT molecular complexity index is 2790. The van der Waals surface area contributed by atoms with Crippen molar-refractivity contribution in [1.82, 2.24) is 5.32 Å². The molecular weight excluding hydrogens is 881 g/mol. The molecule has 0 radical (unpaired) electrons. The van der Waals surface area contributed by atoms with E-state index >= 15 is 0 Å². The van der Waals surface area contributed by atoms with Crippen molar-refractivity contribution < 1.29 is 38.1 Å². The molecule has 4 aliphatic heterocycles. The van der Waals surface area contributed by atoms with Crippen LogP contribution in [0.1, 0.15) is 90.4 Å². The summed E-state index contributed by atoms with van der Waals surface area (Å²) in [5.41, 5.74) is 7.79. The number of thiol groups is 1. The van der Waals surface area contributed by atoms with Gasteiger partial charge in [-0.1, -0.05) is 64.1 Å². The fourth-order valence-electron chi connectivity index (χ4n) is 8.97. The highest BCUT2D eigenvalue weighted by molar-refractivity contribution is 7.81. The third-order valence-electron chi connectivity index (χ3n) is 12.3. The average Bonchev–Trinajstić information content (AvgIpc) is 3.83. The van der Waals surface area contributed by atoms with Crippen molar-refractivity contribution in [3.8, 4) is 23.0 Å². The molecule has 0 bridgehead atoms. The zero-order valence-electron chi connectivity index (χ0n) is 39.5. The third kappa shape index (κ3) is 9.98. The molecule has 5 aromatic rings. The summed E-state index contributed by atoms with van der Waals surface area (Å²) in [5.74, 6) is 0.573. The van der Waals surface area contributed by atoms with E-state index in [1.165, 1.54) is 14.2 Å². The summed E-state index contributed by atoms with van der Waals surface area (Å²) in [7, 11) is 3.05. The molecule has 3 N–H and O–H groups in total. The molecule has 354 valence electrons. The van der Waals surface area contributed by atoms with Crippen molar-refractivity contribution in [3.05, 3.63) is 124 Å². The second-order valence-electron chi connectivity index (χ2n) is 17.7. The topological polar surface area (TPSA) is 160 Å². The van der Waals surface area contributed by atoms with Gasteiger partial charge < -0.3 is 39.8 Å². The molecule has 4 aliphatic rings. The number of para-hydroxylation sites is 2. The third-order valence-corrected chi connectivity index (χ3v) is 12.5. The van der Waals surface area contributed by atoms with Crippen LogP contribution in [0.2, 0.25) is 0 Å². The maximum atomic E-state index is 14.1. The summed E-state index contributed by atoms with van der Waals surface area (Å²) in [5, 5.41) is 9.22. The van der Waals surface area contributed by atoms with Crippen LogP contribution in [0.4, 0.5) is 28.4 Å². The first kappa shape index (κ1) is 47.5. The van der Waals surface area contributed by atoms with Crippen LogP contribution in [-0.2, 0) is 35.6 Å². The highest BCUT2D eigenvalue weighted by Crippen LogP contribution is 2.43. The Morgan fingerprint density at radius 3 is 2.03 bits per heavy atom. The zero-order valence-corrected chi connectivity index (χ0v) is 40.4. The largest absolute Gasteiger partial charge is 0.493 e. The lowest BCUT2D eigenvalue weighted by atomic mass is 10.1. The van der Waals surface area contributed by atoms with E-state index in [0.717, 1.165) is 28.9 Å². The molecule has 0 spiro atoms. The summed E-state index contributed by atoms with van der Waals surface area (Å²) >= 11 is 4.52. The van der Waals surface area contributed by atoms with Gasteiger partial charge in [-0.2, -0.15) is 12.6 Å². The van der Waals surface area contributed by atoms with E-state index in [4.69, 9.17) is 23.9 Å². The van der Waals surface area contributed by atoms with Crippen LogP contribution >= 0.6 is 12.6 Å². The van der Waals surface area contributed by atoms with Gasteiger partial charge in [-0.25, -0.2) is 0 Å². The summed E-state index contributed by atoms with van der Waals surface area (Å²) in [6, 6.07) is 27.1. The molecule has 0 fully saturated rings. The second kappa shape index (κ2) is 20.1. The monoisotopic (exact) mass is 938 g/mol. The van der Waals surface area contributed by atoms with Gasteiger partial charge in [0, 0.05) is 59.5 Å². The number of nitrogens with one attached hydrogen (secondary N) is 3. The molecule has 0 aliphatic carbocycles. The molecular formula is C53H58N6O8S. The second-order valence-corrected chi connectivity index (χ2v) is 18.9. The van der Waals surface area contributed by atoms with Crippen molar-refractivity contribution in [2.24, 2.45) is 4.99 Å². The molecule has 4 heterocycles. The summed E-state index contributed by atoms with van der Waals surface area (Å²) in [4.78, 5) is 62.7. The summed E-state index contributed by atoms with van der Waals surface area (Å²) in [6.45, 7) is 10.1. The van der Waals surface area contributed by atoms with Crippen molar-refractivity contribution in [1.29, 1.82) is 0 Å². The number of carbonyl (C=O) groups is 4. The molecule has 15 heteroatoms. The van der Waals surface area contributed by atoms with E-state index in [2.05, 4.69) is 34.6 Å². The van der Waals surface area contributed by atoms with Crippen molar-refractivity contribution in [2.75, 3.05) is 41.2 Å². The number of amides is 4. The first-order valence-electron chi connectivity index (χ1n) is 23.0. The van der Waals surface area contributed by atoms with Crippen LogP contribution in [0.3, 0.4) is 0 Å². The number of nitrogens with zero attached hydrogens (tertiary/aromatic N) is 3. The van der Waals surface area contributed by atoms with Gasteiger partial charge in [-0.15, -0.1) is 0 Å². The van der Waals surface area contributed by atoms with Crippen LogP contribution in [0.15, 0.2) is 96.0 Å². The van der Waals surface area contributed by atoms with E-state index in [0.29, 0.717) is 81.7 Å². The van der Waals surface area contributed by atoms with Gasteiger partial charge in [-0.05, 0) is 84.5 Å². The Morgan fingerprint density at radius 1 is 0.794 bits per heavy atom. The van der Waals surface area contributed by atoms with E-state index in [-0.39, 0.29) is 54.2 Å². The maximum absolute atomic E-state index is 14.1. The van der Waals surface area contributed by atoms with Crippen LogP contribution in [0.25, 0.3) is 0 Å². The molecule has 3 atom stereocenters. The molecule has 4 amide bonds. The fourth-order valence-corrected chi connectivity index (χ4v) is 9.09. The highest BCUT2D eigenvalue weighted by atomic mass is 32.1. The van der Waals surface area contributed by atoms with Crippen LogP contribution in [0.5, 0.6) is 23.0 Å².